The second kappa shape index (κ2) is 29.8. The van der Waals surface area contributed by atoms with Gasteiger partial charge >= 0.3 is 5.97 Å². The minimum absolute atomic E-state index is 0.259. The van der Waals surface area contributed by atoms with Crippen LogP contribution in [0.25, 0.3) is 0 Å². The Balaban J connectivity index is 2.61. The largest absolute Gasteiger partial charge is 0.455 e. The lowest BCUT2D eigenvalue weighted by atomic mass is 9.48. The van der Waals surface area contributed by atoms with E-state index in [9.17, 15) is 43.2 Å². The van der Waals surface area contributed by atoms with Crippen molar-refractivity contribution in [3.05, 3.63) is 35.9 Å². The SMILES string of the molecule is CC(=O)C(=O)CCCCCCCN1C(C)(C)CC(CCCCCCCC(=O)C(C)=O)(OC(=O)c2ccccc2)C(CCCCCCCC(=O)C(C)=O)(CCCCCCCC(=O)C(C)=O)C1(C)C. The summed E-state index contributed by atoms with van der Waals surface area (Å²) in [6.45, 7) is 15.4. The van der Waals surface area contributed by atoms with Crippen LogP contribution in [0.15, 0.2) is 30.3 Å². The van der Waals surface area contributed by atoms with Gasteiger partial charge in [-0.05, 0) is 104 Å². The lowest BCUT2D eigenvalue weighted by molar-refractivity contribution is -0.246. The molecule has 1 saturated heterocycles. The van der Waals surface area contributed by atoms with Crippen LogP contribution >= 0.6 is 0 Å². The van der Waals surface area contributed by atoms with Crippen molar-refractivity contribution in [2.75, 3.05) is 6.54 Å². The first-order valence-corrected chi connectivity index (χ1v) is 25.9. The third-order valence-corrected chi connectivity index (χ3v) is 14.8. The third kappa shape index (κ3) is 19.1. The topological polar surface area (TPSA) is 166 Å². The average molecular weight is 934 g/mol. The molecule has 67 heavy (non-hydrogen) atoms. The fourth-order valence-corrected chi connectivity index (χ4v) is 11.1. The number of benzene rings is 1. The van der Waals surface area contributed by atoms with Crippen LogP contribution in [-0.2, 0) is 43.1 Å². The van der Waals surface area contributed by atoms with E-state index in [1.165, 1.54) is 27.7 Å². The monoisotopic (exact) mass is 934 g/mol. The summed E-state index contributed by atoms with van der Waals surface area (Å²) >= 11 is 0. The Morgan fingerprint density at radius 2 is 0.776 bits per heavy atom. The van der Waals surface area contributed by atoms with Gasteiger partial charge in [-0.25, -0.2) is 4.79 Å². The molecular formula is C56H87NO10. The highest BCUT2D eigenvalue weighted by Crippen LogP contribution is 2.63. The van der Waals surface area contributed by atoms with E-state index >= 15 is 0 Å². The molecule has 0 aromatic heterocycles. The molecule has 1 unspecified atom stereocenters. The van der Waals surface area contributed by atoms with Crippen LogP contribution in [0, 0.1) is 5.41 Å². The molecule has 0 N–H and O–H groups in total. The predicted octanol–water partition coefficient (Wildman–Crippen LogP) is 12.0. The Morgan fingerprint density at radius 1 is 0.448 bits per heavy atom. The molecule has 1 fully saturated rings. The van der Waals surface area contributed by atoms with Crippen LogP contribution in [0.1, 0.15) is 246 Å². The van der Waals surface area contributed by atoms with E-state index in [-0.39, 0.29) is 59.7 Å². The van der Waals surface area contributed by atoms with Crippen LogP contribution in [0.5, 0.6) is 0 Å². The minimum Gasteiger partial charge on any atom is -0.455 e. The lowest BCUT2D eigenvalue weighted by Gasteiger charge is -2.70. The number of rotatable bonds is 38. The minimum atomic E-state index is -0.862. The van der Waals surface area contributed by atoms with Crippen molar-refractivity contribution in [2.24, 2.45) is 5.41 Å². The summed E-state index contributed by atoms with van der Waals surface area (Å²) in [4.78, 5) is 112. The van der Waals surface area contributed by atoms with E-state index in [1.54, 1.807) is 0 Å². The molecule has 1 aliphatic rings. The van der Waals surface area contributed by atoms with E-state index in [1.807, 2.05) is 30.3 Å². The van der Waals surface area contributed by atoms with Crippen molar-refractivity contribution in [3.63, 3.8) is 0 Å². The standard InChI is InChI=1S/C56H87NO10/c1-43(58)48(62)34-24-13-9-17-28-38-55(39-29-18-10-14-25-35-49(63)44(2)59)54(7,8)57(41-31-20-12-16-27-37-51(65)46(4)61)53(5,6)42-56(55,67-52(66)47-32-22-21-23-33-47)40-30-19-11-15-26-36-50(64)45(3)60/h21-23,32-33H,9-20,24-31,34-42H2,1-8H3. The maximum Gasteiger partial charge on any atom is 0.338 e. The number of carbonyl (C=O) groups is 9. The predicted molar refractivity (Wildman–Crippen MR) is 264 cm³/mol. The van der Waals surface area contributed by atoms with Gasteiger partial charge in [-0.1, -0.05) is 108 Å². The van der Waals surface area contributed by atoms with Crippen molar-refractivity contribution in [1.29, 1.82) is 0 Å². The lowest BCUT2D eigenvalue weighted by Crippen LogP contribution is -2.77. The summed E-state index contributed by atoms with van der Waals surface area (Å²) < 4.78 is 7.24. The molecule has 1 aliphatic heterocycles. The molecule has 2 rings (SSSR count). The fraction of sp³-hybridized carbons (Fsp3) is 0.732. The number of Topliss-reactive ketones (excluding diaryl/α,β-unsaturated/α-hetero) is 8. The van der Waals surface area contributed by atoms with E-state index < -0.39 is 33.9 Å². The van der Waals surface area contributed by atoms with Gasteiger partial charge in [0.25, 0.3) is 0 Å². The molecule has 0 aliphatic carbocycles. The first-order valence-electron chi connectivity index (χ1n) is 25.9. The highest BCUT2D eigenvalue weighted by molar-refractivity contribution is 6.37. The molecule has 1 atom stereocenters. The quantitative estimate of drug-likeness (QED) is 0.0352. The Labute approximate surface area is 403 Å². The smallest absolute Gasteiger partial charge is 0.338 e. The number of ketones is 8. The van der Waals surface area contributed by atoms with E-state index in [4.69, 9.17) is 4.74 Å². The van der Waals surface area contributed by atoms with Crippen LogP contribution in [0.4, 0.5) is 0 Å². The summed E-state index contributed by atoms with van der Waals surface area (Å²) in [7, 11) is 0. The van der Waals surface area contributed by atoms with E-state index in [2.05, 4.69) is 32.6 Å². The molecule has 11 heteroatoms. The second-order valence-corrected chi connectivity index (χ2v) is 20.8. The third-order valence-electron chi connectivity index (χ3n) is 14.8. The first-order chi connectivity index (χ1) is 31.6. The van der Waals surface area contributed by atoms with Gasteiger partial charge in [0.1, 0.15) is 5.60 Å². The fourth-order valence-electron chi connectivity index (χ4n) is 11.1. The molecule has 376 valence electrons. The van der Waals surface area contributed by atoms with Crippen molar-refractivity contribution in [3.8, 4) is 0 Å². The maximum absolute atomic E-state index is 14.6. The van der Waals surface area contributed by atoms with Gasteiger partial charge in [-0.2, -0.15) is 0 Å². The second-order valence-electron chi connectivity index (χ2n) is 20.8. The first kappa shape index (κ1) is 59.1. The number of esters is 1. The number of nitrogens with zero attached hydrogens (tertiary/aromatic N) is 1. The number of ether oxygens (including phenoxy) is 1. The Morgan fingerprint density at radius 3 is 1.15 bits per heavy atom. The number of hydrogen-bond donors (Lipinski definition) is 0. The van der Waals surface area contributed by atoms with Gasteiger partial charge in [-0.3, -0.25) is 43.3 Å². The van der Waals surface area contributed by atoms with Gasteiger partial charge in [-0.15, -0.1) is 0 Å². The molecule has 0 amide bonds. The molecule has 1 heterocycles. The van der Waals surface area contributed by atoms with Crippen molar-refractivity contribution in [2.45, 2.75) is 252 Å². The van der Waals surface area contributed by atoms with Crippen molar-refractivity contribution in [1.82, 2.24) is 4.90 Å². The van der Waals surface area contributed by atoms with Crippen molar-refractivity contribution < 1.29 is 47.9 Å². The van der Waals surface area contributed by atoms with Gasteiger partial charge in [0.05, 0.1) is 5.56 Å². The number of carbonyl (C=O) groups excluding carboxylic acids is 9. The number of unbranched alkanes of at least 4 members (excludes halogenated alkanes) is 16. The van der Waals surface area contributed by atoms with Gasteiger partial charge < -0.3 is 4.74 Å². The van der Waals surface area contributed by atoms with Crippen LogP contribution < -0.4 is 0 Å². The number of likely N-dealkylation sites (tertiary alicyclic amines) is 1. The molecule has 0 saturated carbocycles. The highest BCUT2D eigenvalue weighted by atomic mass is 16.6. The zero-order chi connectivity index (χ0) is 50.1. The molecule has 1 aromatic carbocycles. The molecule has 0 spiro atoms. The van der Waals surface area contributed by atoms with Gasteiger partial charge in [0, 0.05) is 76.3 Å². The molecule has 0 bridgehead atoms. The molecule has 1 aromatic rings. The van der Waals surface area contributed by atoms with E-state index in [0.717, 1.165) is 122 Å². The highest BCUT2D eigenvalue weighted by Gasteiger charge is 2.68. The summed E-state index contributed by atoms with van der Waals surface area (Å²) in [5.41, 5.74) is -1.70. The zero-order valence-corrected chi connectivity index (χ0v) is 42.9. The van der Waals surface area contributed by atoms with Crippen LogP contribution in [0.3, 0.4) is 0 Å². The van der Waals surface area contributed by atoms with Gasteiger partial charge in [0.15, 0.2) is 46.3 Å². The van der Waals surface area contributed by atoms with Crippen LogP contribution in [0.2, 0.25) is 0 Å². The summed E-state index contributed by atoms with van der Waals surface area (Å²) in [5.74, 6) is -3.21. The van der Waals surface area contributed by atoms with Crippen molar-refractivity contribution >= 4 is 52.2 Å². The maximum atomic E-state index is 14.6. The Kier molecular flexibility index (Phi) is 26.3. The Bertz CT molecular complexity index is 1750. The van der Waals surface area contributed by atoms with Crippen LogP contribution in [-0.4, -0.2) is 80.4 Å². The summed E-state index contributed by atoms with van der Waals surface area (Å²) in [5, 5.41) is 0. The van der Waals surface area contributed by atoms with E-state index in [0.29, 0.717) is 50.5 Å². The normalized spacial score (nSPS) is 17.4. The average Bonchev–Trinajstić information content (AvgIpc) is 3.26. The Hall–Kier alpha value is -3.99. The molecule has 11 nitrogen and oxygen atoms in total. The number of piperidine rings is 1. The zero-order valence-electron chi connectivity index (χ0n) is 42.9. The molecular weight excluding hydrogens is 847 g/mol. The number of hydrogen-bond acceptors (Lipinski definition) is 11. The van der Waals surface area contributed by atoms with Gasteiger partial charge in [0.2, 0.25) is 0 Å². The summed E-state index contributed by atoms with van der Waals surface area (Å²) in [6.07, 6.45) is 21.0. The molecule has 0 radical (unpaired) electrons. The summed E-state index contributed by atoms with van der Waals surface area (Å²) in [6, 6.07) is 9.24.